The van der Waals surface area contributed by atoms with E-state index in [2.05, 4.69) is 17.2 Å². The van der Waals surface area contributed by atoms with Crippen LogP contribution in [0.25, 0.3) is 0 Å². The predicted octanol–water partition coefficient (Wildman–Crippen LogP) is 3.70. The average Bonchev–Trinajstić information content (AvgIpc) is 2.61. The minimum Gasteiger partial charge on any atom is -0.381 e. The number of aromatic nitrogens is 1. The lowest BCUT2D eigenvalue weighted by Gasteiger charge is -2.30. The van der Waals surface area contributed by atoms with Gasteiger partial charge in [-0.25, -0.2) is 4.39 Å². The van der Waals surface area contributed by atoms with Crippen LogP contribution in [0.15, 0.2) is 42.6 Å². The number of carbonyl (C=O) groups excluding carboxylic acids is 1. The molecule has 1 N–H and O–H groups in total. The lowest BCUT2D eigenvalue weighted by atomic mass is 10.00. The summed E-state index contributed by atoms with van der Waals surface area (Å²) in [6, 6.07) is 9.98. The second kappa shape index (κ2) is 7.43. The first-order valence-electron chi connectivity index (χ1n) is 8.35. The fourth-order valence-corrected chi connectivity index (χ4v) is 3.00. The van der Waals surface area contributed by atoms with Crippen LogP contribution in [-0.4, -0.2) is 28.9 Å². The summed E-state index contributed by atoms with van der Waals surface area (Å²) < 4.78 is 12.9. The first-order chi connectivity index (χ1) is 11.6. The van der Waals surface area contributed by atoms with Crippen LogP contribution in [0.3, 0.4) is 0 Å². The maximum Gasteiger partial charge on any atom is 0.272 e. The summed E-state index contributed by atoms with van der Waals surface area (Å²) >= 11 is 0. The molecule has 5 heteroatoms. The molecule has 1 fully saturated rings. The molecule has 0 spiro atoms. The van der Waals surface area contributed by atoms with Gasteiger partial charge in [0, 0.05) is 31.5 Å². The minimum atomic E-state index is -0.244. The smallest absolute Gasteiger partial charge is 0.272 e. The van der Waals surface area contributed by atoms with E-state index < -0.39 is 0 Å². The Balaban J connectivity index is 1.65. The summed E-state index contributed by atoms with van der Waals surface area (Å²) in [6.07, 6.45) is 3.87. The molecule has 1 amide bonds. The van der Waals surface area contributed by atoms with Crippen LogP contribution in [0.1, 0.15) is 35.8 Å². The number of hydrogen-bond acceptors (Lipinski definition) is 3. The summed E-state index contributed by atoms with van der Waals surface area (Å²) in [5, 5.41) is 3.25. The van der Waals surface area contributed by atoms with Crippen molar-refractivity contribution in [2.24, 2.45) is 5.92 Å². The average molecular weight is 327 g/mol. The van der Waals surface area contributed by atoms with Gasteiger partial charge in [-0.2, -0.15) is 0 Å². The number of pyridine rings is 1. The largest absolute Gasteiger partial charge is 0.381 e. The number of anilines is 1. The van der Waals surface area contributed by atoms with Crippen molar-refractivity contribution in [2.75, 3.05) is 18.4 Å². The van der Waals surface area contributed by atoms with E-state index >= 15 is 0 Å². The van der Waals surface area contributed by atoms with Crippen molar-refractivity contribution in [1.29, 1.82) is 0 Å². The van der Waals surface area contributed by atoms with E-state index in [0.29, 0.717) is 18.2 Å². The zero-order valence-corrected chi connectivity index (χ0v) is 13.8. The van der Waals surface area contributed by atoms with Crippen LogP contribution < -0.4 is 5.32 Å². The predicted molar refractivity (Wildman–Crippen MR) is 92.3 cm³/mol. The maximum absolute atomic E-state index is 12.9. The quantitative estimate of drug-likeness (QED) is 0.931. The fourth-order valence-electron chi connectivity index (χ4n) is 3.00. The zero-order chi connectivity index (χ0) is 16.9. The first kappa shape index (κ1) is 16.4. The number of carbonyl (C=O) groups is 1. The summed E-state index contributed by atoms with van der Waals surface area (Å²) in [5.41, 5.74) is 2.28. The van der Waals surface area contributed by atoms with Gasteiger partial charge in [0.05, 0.1) is 0 Å². The van der Waals surface area contributed by atoms with Crippen molar-refractivity contribution in [2.45, 2.75) is 26.3 Å². The van der Waals surface area contributed by atoms with Gasteiger partial charge in [0.2, 0.25) is 0 Å². The number of halogens is 1. The number of hydrogen-bond donors (Lipinski definition) is 1. The van der Waals surface area contributed by atoms with Crippen LogP contribution >= 0.6 is 0 Å². The number of rotatable bonds is 4. The highest BCUT2D eigenvalue weighted by molar-refractivity contribution is 5.93. The molecule has 1 atom stereocenters. The number of benzene rings is 1. The molecule has 0 aliphatic carbocycles. The highest BCUT2D eigenvalue weighted by atomic mass is 19.1. The van der Waals surface area contributed by atoms with Crippen molar-refractivity contribution in [1.82, 2.24) is 9.88 Å². The van der Waals surface area contributed by atoms with Gasteiger partial charge in [0.25, 0.3) is 5.91 Å². The second-order valence-corrected chi connectivity index (χ2v) is 6.41. The van der Waals surface area contributed by atoms with Crippen molar-refractivity contribution in [3.05, 3.63) is 59.7 Å². The lowest BCUT2D eigenvalue weighted by Crippen LogP contribution is -2.39. The van der Waals surface area contributed by atoms with E-state index in [-0.39, 0.29) is 11.7 Å². The van der Waals surface area contributed by atoms with Crippen LogP contribution in [-0.2, 0) is 6.54 Å². The van der Waals surface area contributed by atoms with Gasteiger partial charge < -0.3 is 10.2 Å². The molecule has 0 saturated carbocycles. The molecule has 24 heavy (non-hydrogen) atoms. The maximum atomic E-state index is 12.9. The first-order valence-corrected chi connectivity index (χ1v) is 8.35. The molecule has 1 aliphatic rings. The third kappa shape index (κ3) is 4.10. The Labute approximate surface area is 141 Å². The topological polar surface area (TPSA) is 45.2 Å². The van der Waals surface area contributed by atoms with E-state index in [1.54, 1.807) is 24.4 Å². The van der Waals surface area contributed by atoms with Crippen molar-refractivity contribution in [3.63, 3.8) is 0 Å². The Morgan fingerprint density at radius 1 is 1.33 bits per heavy atom. The molecule has 4 nitrogen and oxygen atoms in total. The minimum absolute atomic E-state index is 0.00742. The highest BCUT2D eigenvalue weighted by Crippen LogP contribution is 2.18. The molecule has 0 bridgehead atoms. The summed E-state index contributed by atoms with van der Waals surface area (Å²) in [5.74, 6) is 0.292. The van der Waals surface area contributed by atoms with E-state index in [0.717, 1.165) is 30.8 Å². The van der Waals surface area contributed by atoms with E-state index in [1.165, 1.54) is 18.6 Å². The number of nitrogens with zero attached hydrogens (tertiary/aromatic N) is 2. The highest BCUT2D eigenvalue weighted by Gasteiger charge is 2.22. The van der Waals surface area contributed by atoms with Crippen LogP contribution in [0.2, 0.25) is 0 Å². The number of piperidine rings is 1. The number of amides is 1. The molecule has 1 aromatic carbocycles. The molecule has 3 rings (SSSR count). The van der Waals surface area contributed by atoms with Crippen LogP contribution in [0, 0.1) is 11.7 Å². The van der Waals surface area contributed by atoms with Gasteiger partial charge in [-0.15, -0.1) is 0 Å². The normalized spacial score (nSPS) is 17.6. The van der Waals surface area contributed by atoms with Crippen molar-refractivity contribution < 1.29 is 9.18 Å². The monoisotopic (exact) mass is 327 g/mol. The van der Waals surface area contributed by atoms with E-state index in [1.807, 2.05) is 11.0 Å². The third-order valence-corrected chi connectivity index (χ3v) is 4.33. The SMILES string of the molecule is CC1CCCN(C(=O)c2cc(NCc3ccc(F)cc3)ccn2)C1. The molecule has 126 valence electrons. The molecule has 2 aromatic rings. The third-order valence-electron chi connectivity index (χ3n) is 4.33. The van der Waals surface area contributed by atoms with Gasteiger partial charge in [-0.3, -0.25) is 9.78 Å². The molecule has 1 unspecified atom stereocenters. The fraction of sp³-hybridized carbons (Fsp3) is 0.368. The van der Waals surface area contributed by atoms with Crippen molar-refractivity contribution >= 4 is 11.6 Å². The Kier molecular flexibility index (Phi) is 5.08. The second-order valence-electron chi connectivity index (χ2n) is 6.41. The zero-order valence-electron chi connectivity index (χ0n) is 13.8. The van der Waals surface area contributed by atoms with Crippen LogP contribution in [0.5, 0.6) is 0 Å². The van der Waals surface area contributed by atoms with Crippen molar-refractivity contribution in [3.8, 4) is 0 Å². The lowest BCUT2D eigenvalue weighted by molar-refractivity contribution is 0.0677. The van der Waals surface area contributed by atoms with Gasteiger partial charge in [0.15, 0.2) is 0 Å². The summed E-state index contributed by atoms with van der Waals surface area (Å²) in [4.78, 5) is 18.7. The van der Waals surface area contributed by atoms with E-state index in [9.17, 15) is 9.18 Å². The Bertz CT molecular complexity index is 702. The number of likely N-dealkylation sites (tertiary alicyclic amines) is 1. The van der Waals surface area contributed by atoms with Gasteiger partial charge in [0.1, 0.15) is 11.5 Å². The molecular weight excluding hydrogens is 305 g/mol. The molecule has 1 aliphatic heterocycles. The Hall–Kier alpha value is -2.43. The number of nitrogens with one attached hydrogen (secondary N) is 1. The van der Waals surface area contributed by atoms with Gasteiger partial charge in [-0.05, 0) is 48.6 Å². The summed E-state index contributed by atoms with van der Waals surface area (Å²) in [7, 11) is 0. The van der Waals surface area contributed by atoms with Gasteiger partial charge >= 0.3 is 0 Å². The molecular formula is C19H22FN3O. The standard InChI is InChI=1S/C19H22FN3O/c1-14-3-2-10-23(13-14)19(24)18-11-17(8-9-21-18)22-12-15-4-6-16(20)7-5-15/h4-9,11,14H,2-3,10,12-13H2,1H3,(H,21,22). The Morgan fingerprint density at radius 3 is 2.88 bits per heavy atom. The molecule has 0 radical (unpaired) electrons. The Morgan fingerprint density at radius 2 is 2.12 bits per heavy atom. The van der Waals surface area contributed by atoms with Gasteiger partial charge in [-0.1, -0.05) is 19.1 Å². The molecule has 1 saturated heterocycles. The van der Waals surface area contributed by atoms with Crippen LogP contribution in [0.4, 0.5) is 10.1 Å². The summed E-state index contributed by atoms with van der Waals surface area (Å²) in [6.45, 7) is 4.35. The van der Waals surface area contributed by atoms with E-state index in [4.69, 9.17) is 0 Å². The molecule has 2 heterocycles. The molecule has 1 aromatic heterocycles.